The summed E-state index contributed by atoms with van der Waals surface area (Å²) in [5.41, 5.74) is 4.27. The highest BCUT2D eigenvalue weighted by Gasteiger charge is 2.39. The maximum absolute atomic E-state index is 13.2. The standard InChI is InChI=1S/C24H20N4O2/c1-27-14-20(17-8-4-5-11-21(17)27)23-18-9-2-3-10-19(18)24(30)28(23)15-22(29)26-16-7-6-12-25-13-16/h2-14,23H,15H2,1H3,(H,26,29). The summed E-state index contributed by atoms with van der Waals surface area (Å²) in [4.78, 5) is 31.7. The van der Waals surface area contributed by atoms with E-state index in [1.54, 1.807) is 29.4 Å². The molecule has 2 aromatic heterocycles. The van der Waals surface area contributed by atoms with E-state index in [0.29, 0.717) is 11.3 Å². The number of rotatable bonds is 4. The molecule has 4 aromatic rings. The number of fused-ring (bicyclic) bond motifs is 2. The number of aryl methyl sites for hydroxylation is 1. The van der Waals surface area contributed by atoms with Gasteiger partial charge in [-0.05, 0) is 29.8 Å². The summed E-state index contributed by atoms with van der Waals surface area (Å²) >= 11 is 0. The van der Waals surface area contributed by atoms with Crippen molar-refractivity contribution in [2.75, 3.05) is 11.9 Å². The van der Waals surface area contributed by atoms with Gasteiger partial charge in [-0.1, -0.05) is 36.4 Å². The Balaban J connectivity index is 1.55. The second-order valence-electron chi connectivity index (χ2n) is 7.43. The average Bonchev–Trinajstić information content (AvgIpc) is 3.23. The van der Waals surface area contributed by atoms with Crippen LogP contribution >= 0.6 is 0 Å². The summed E-state index contributed by atoms with van der Waals surface area (Å²) in [6.07, 6.45) is 5.28. The lowest BCUT2D eigenvalue weighted by molar-refractivity contribution is -0.117. The van der Waals surface area contributed by atoms with E-state index in [-0.39, 0.29) is 24.4 Å². The van der Waals surface area contributed by atoms with Crippen LogP contribution in [-0.4, -0.2) is 32.8 Å². The number of benzene rings is 2. The van der Waals surface area contributed by atoms with Crippen LogP contribution in [-0.2, 0) is 11.8 Å². The van der Waals surface area contributed by atoms with Gasteiger partial charge in [0.15, 0.2) is 0 Å². The van der Waals surface area contributed by atoms with Gasteiger partial charge in [-0.25, -0.2) is 0 Å². The van der Waals surface area contributed by atoms with Crippen LogP contribution < -0.4 is 5.32 Å². The van der Waals surface area contributed by atoms with Gasteiger partial charge in [0, 0.05) is 41.5 Å². The molecule has 148 valence electrons. The molecular formula is C24H20N4O2. The van der Waals surface area contributed by atoms with Crippen molar-refractivity contribution in [3.63, 3.8) is 0 Å². The molecule has 2 aromatic carbocycles. The van der Waals surface area contributed by atoms with Crippen LogP contribution in [0, 0.1) is 0 Å². The molecule has 0 radical (unpaired) electrons. The van der Waals surface area contributed by atoms with E-state index in [4.69, 9.17) is 0 Å². The highest BCUT2D eigenvalue weighted by molar-refractivity contribution is 6.04. The molecule has 30 heavy (non-hydrogen) atoms. The molecular weight excluding hydrogens is 376 g/mol. The fraction of sp³-hybridized carbons (Fsp3) is 0.125. The topological polar surface area (TPSA) is 67.2 Å². The van der Waals surface area contributed by atoms with Crippen molar-refractivity contribution in [2.45, 2.75) is 6.04 Å². The summed E-state index contributed by atoms with van der Waals surface area (Å²) in [5, 5.41) is 3.91. The molecule has 0 spiro atoms. The Kier molecular flexibility index (Phi) is 4.32. The molecule has 6 nitrogen and oxygen atoms in total. The smallest absolute Gasteiger partial charge is 0.255 e. The second kappa shape index (κ2) is 7.15. The Bertz CT molecular complexity index is 1260. The minimum atomic E-state index is -0.320. The normalized spacial score (nSPS) is 15.4. The first kappa shape index (κ1) is 18.1. The largest absolute Gasteiger partial charge is 0.350 e. The number of nitrogens with one attached hydrogen (secondary N) is 1. The fourth-order valence-electron chi connectivity index (χ4n) is 4.25. The monoisotopic (exact) mass is 396 g/mol. The molecule has 1 aliphatic heterocycles. The third kappa shape index (κ3) is 2.93. The van der Waals surface area contributed by atoms with Crippen molar-refractivity contribution in [2.24, 2.45) is 7.05 Å². The predicted octanol–water partition coefficient (Wildman–Crippen LogP) is 3.76. The number of hydrogen-bond acceptors (Lipinski definition) is 3. The molecule has 0 saturated heterocycles. The molecule has 3 heterocycles. The number of carbonyl (C=O) groups is 2. The maximum atomic E-state index is 13.2. The second-order valence-corrected chi connectivity index (χ2v) is 7.43. The Labute approximate surface area is 173 Å². The van der Waals surface area contributed by atoms with E-state index in [1.165, 1.54) is 0 Å². The van der Waals surface area contributed by atoms with Crippen molar-refractivity contribution in [3.05, 3.63) is 95.9 Å². The molecule has 0 saturated carbocycles. The number of nitrogens with zero attached hydrogens (tertiary/aromatic N) is 3. The molecule has 6 heteroatoms. The van der Waals surface area contributed by atoms with E-state index < -0.39 is 0 Å². The third-order valence-electron chi connectivity index (χ3n) is 5.54. The quantitative estimate of drug-likeness (QED) is 0.571. The number of anilines is 1. The van der Waals surface area contributed by atoms with Crippen molar-refractivity contribution in [1.82, 2.24) is 14.5 Å². The van der Waals surface area contributed by atoms with Crippen molar-refractivity contribution < 1.29 is 9.59 Å². The van der Waals surface area contributed by atoms with Gasteiger partial charge in [-0.3, -0.25) is 14.6 Å². The molecule has 2 amide bonds. The number of carbonyl (C=O) groups excluding carboxylic acids is 2. The number of amides is 2. The number of hydrogen-bond donors (Lipinski definition) is 1. The van der Waals surface area contributed by atoms with Crippen molar-refractivity contribution in [1.29, 1.82) is 0 Å². The Morgan fingerprint density at radius 3 is 2.67 bits per heavy atom. The highest BCUT2D eigenvalue weighted by atomic mass is 16.2. The first-order chi connectivity index (χ1) is 14.6. The molecule has 1 unspecified atom stereocenters. The third-order valence-corrected chi connectivity index (χ3v) is 5.54. The molecule has 0 fully saturated rings. The first-order valence-corrected chi connectivity index (χ1v) is 9.77. The minimum absolute atomic E-state index is 0.0453. The minimum Gasteiger partial charge on any atom is -0.350 e. The SMILES string of the molecule is Cn1cc(C2c3ccccc3C(=O)N2CC(=O)Nc2cccnc2)c2ccccc21. The van der Waals surface area contributed by atoms with E-state index in [1.807, 2.05) is 43.4 Å². The number of aromatic nitrogens is 2. The summed E-state index contributed by atoms with van der Waals surface area (Å²) in [5.74, 6) is -0.390. The van der Waals surface area contributed by atoms with Crippen LogP contribution in [0.2, 0.25) is 0 Å². The zero-order valence-corrected chi connectivity index (χ0v) is 16.4. The van der Waals surface area contributed by atoms with Gasteiger partial charge in [0.25, 0.3) is 5.91 Å². The Hall–Kier alpha value is -3.93. The summed E-state index contributed by atoms with van der Waals surface area (Å²) in [6.45, 7) is -0.0453. The molecule has 5 rings (SSSR count). The molecule has 0 bridgehead atoms. The van der Waals surface area contributed by atoms with Crippen LogP contribution in [0.15, 0.2) is 79.3 Å². The highest BCUT2D eigenvalue weighted by Crippen LogP contribution is 2.41. The van der Waals surface area contributed by atoms with Crippen LogP contribution in [0.1, 0.15) is 27.5 Å². The van der Waals surface area contributed by atoms with Gasteiger partial charge >= 0.3 is 0 Å². The summed E-state index contributed by atoms with van der Waals surface area (Å²) < 4.78 is 2.06. The van der Waals surface area contributed by atoms with Gasteiger partial charge in [0.1, 0.15) is 6.54 Å². The fourth-order valence-corrected chi connectivity index (χ4v) is 4.25. The van der Waals surface area contributed by atoms with Gasteiger partial charge < -0.3 is 14.8 Å². The van der Waals surface area contributed by atoms with E-state index in [9.17, 15) is 9.59 Å². The molecule has 1 N–H and O–H groups in total. The van der Waals surface area contributed by atoms with E-state index in [2.05, 4.69) is 33.2 Å². The molecule has 0 aliphatic carbocycles. The zero-order chi connectivity index (χ0) is 20.7. The van der Waals surface area contributed by atoms with Gasteiger partial charge in [-0.2, -0.15) is 0 Å². The lowest BCUT2D eigenvalue weighted by Crippen LogP contribution is -2.36. The molecule has 1 aliphatic rings. The Morgan fingerprint density at radius 1 is 1.03 bits per heavy atom. The van der Waals surface area contributed by atoms with E-state index >= 15 is 0 Å². The Morgan fingerprint density at radius 2 is 1.83 bits per heavy atom. The van der Waals surface area contributed by atoms with Gasteiger partial charge in [0.05, 0.1) is 17.9 Å². The van der Waals surface area contributed by atoms with Crippen molar-refractivity contribution in [3.8, 4) is 0 Å². The maximum Gasteiger partial charge on any atom is 0.255 e. The van der Waals surface area contributed by atoms with Gasteiger partial charge in [-0.15, -0.1) is 0 Å². The number of para-hydroxylation sites is 1. The lowest BCUT2D eigenvalue weighted by Gasteiger charge is -2.25. The van der Waals surface area contributed by atoms with Gasteiger partial charge in [0.2, 0.25) is 5.91 Å². The molecule has 1 atom stereocenters. The summed E-state index contributed by atoms with van der Waals surface area (Å²) in [6, 6.07) is 18.9. The average molecular weight is 396 g/mol. The van der Waals surface area contributed by atoms with Crippen LogP contribution in [0.4, 0.5) is 5.69 Å². The first-order valence-electron chi connectivity index (χ1n) is 9.77. The van der Waals surface area contributed by atoms with Crippen LogP contribution in [0.3, 0.4) is 0 Å². The number of pyridine rings is 1. The van der Waals surface area contributed by atoms with Crippen molar-refractivity contribution >= 4 is 28.4 Å². The van der Waals surface area contributed by atoms with E-state index in [0.717, 1.165) is 22.0 Å². The predicted molar refractivity (Wildman–Crippen MR) is 115 cm³/mol. The van der Waals surface area contributed by atoms with Crippen LogP contribution in [0.5, 0.6) is 0 Å². The zero-order valence-electron chi connectivity index (χ0n) is 16.4. The lowest BCUT2D eigenvalue weighted by atomic mass is 9.97. The van der Waals surface area contributed by atoms with Crippen LogP contribution in [0.25, 0.3) is 10.9 Å². The summed E-state index contributed by atoms with van der Waals surface area (Å²) in [7, 11) is 1.99.